The van der Waals surface area contributed by atoms with Crippen molar-refractivity contribution in [1.82, 2.24) is 0 Å². The summed E-state index contributed by atoms with van der Waals surface area (Å²) in [5.74, 6) is 0.156. The number of carbonyl (C=O) groups is 1. The van der Waals surface area contributed by atoms with E-state index in [2.05, 4.69) is 0 Å². The molecule has 1 aromatic carbocycles. The van der Waals surface area contributed by atoms with Gasteiger partial charge in [0.2, 0.25) is 5.75 Å². The van der Waals surface area contributed by atoms with E-state index in [9.17, 15) is 4.79 Å². The molecule has 6 nitrogen and oxygen atoms in total. The summed E-state index contributed by atoms with van der Waals surface area (Å²) in [6.07, 6.45) is 7.20. The van der Waals surface area contributed by atoms with Crippen LogP contribution in [0.5, 0.6) is 17.2 Å². The van der Waals surface area contributed by atoms with Gasteiger partial charge in [0, 0.05) is 11.6 Å². The first-order valence-electron chi connectivity index (χ1n) is 8.30. The van der Waals surface area contributed by atoms with E-state index in [0.717, 1.165) is 0 Å². The molecular weight excluding hydrogens is 310 g/mol. The molecule has 24 heavy (non-hydrogen) atoms. The van der Waals surface area contributed by atoms with Gasteiger partial charge in [-0.05, 0) is 25.3 Å². The van der Waals surface area contributed by atoms with Gasteiger partial charge in [-0.25, -0.2) is 4.79 Å². The summed E-state index contributed by atoms with van der Waals surface area (Å²) in [6.45, 7) is 1.86. The molecule has 2 rings (SSSR count). The molecular formula is C18H29NO5. The molecule has 1 aliphatic carbocycles. The standard InChI is InChI=1S/C12H16O5.C6H13N/c1-5-7-8(12(13)14)6-9(15-2)11(17-4)10(7)16-3;7-6-4-2-1-3-5-6/h6H,5H2,1-4H3,(H,13,14);6H,1-5,7H2. The maximum absolute atomic E-state index is 11.2. The van der Waals surface area contributed by atoms with E-state index in [1.54, 1.807) is 0 Å². The first-order valence-corrected chi connectivity index (χ1v) is 8.30. The zero-order valence-electron chi connectivity index (χ0n) is 15.1. The zero-order valence-corrected chi connectivity index (χ0v) is 15.1. The minimum Gasteiger partial charge on any atom is -0.493 e. The molecule has 3 N–H and O–H groups in total. The number of methoxy groups -OCH3 is 3. The molecule has 0 unspecified atom stereocenters. The number of nitrogens with two attached hydrogens (primary N) is 1. The van der Waals surface area contributed by atoms with Gasteiger partial charge in [-0.1, -0.05) is 26.2 Å². The second-order valence-corrected chi connectivity index (χ2v) is 5.73. The second kappa shape index (κ2) is 10.0. The van der Waals surface area contributed by atoms with Gasteiger partial charge in [-0.3, -0.25) is 0 Å². The van der Waals surface area contributed by atoms with Crippen molar-refractivity contribution in [3.05, 3.63) is 17.2 Å². The van der Waals surface area contributed by atoms with Crippen molar-refractivity contribution in [3.63, 3.8) is 0 Å². The summed E-state index contributed by atoms with van der Waals surface area (Å²) in [5.41, 5.74) is 6.40. The SMILES string of the molecule is CCc1c(C(=O)O)cc(OC)c(OC)c1OC.NC1CCCCC1. The first kappa shape index (κ1) is 20.1. The lowest BCUT2D eigenvalue weighted by atomic mass is 9.97. The molecule has 1 fully saturated rings. The Morgan fingerprint density at radius 1 is 1.12 bits per heavy atom. The number of benzene rings is 1. The number of rotatable bonds is 5. The Morgan fingerprint density at radius 2 is 1.71 bits per heavy atom. The van der Waals surface area contributed by atoms with E-state index >= 15 is 0 Å². The molecule has 0 heterocycles. The Balaban J connectivity index is 0.000000341. The summed E-state index contributed by atoms with van der Waals surface area (Å²) >= 11 is 0. The largest absolute Gasteiger partial charge is 0.493 e. The lowest BCUT2D eigenvalue weighted by Crippen LogP contribution is -2.22. The van der Waals surface area contributed by atoms with Gasteiger partial charge in [0.25, 0.3) is 0 Å². The highest BCUT2D eigenvalue weighted by Gasteiger charge is 2.22. The fourth-order valence-electron chi connectivity index (χ4n) is 2.89. The van der Waals surface area contributed by atoms with Crippen LogP contribution < -0.4 is 19.9 Å². The third kappa shape index (κ3) is 5.03. The monoisotopic (exact) mass is 339 g/mol. The quantitative estimate of drug-likeness (QED) is 0.855. The molecule has 0 radical (unpaired) electrons. The predicted octanol–water partition coefficient (Wildman–Crippen LogP) is 3.25. The van der Waals surface area contributed by atoms with Crippen molar-refractivity contribution < 1.29 is 24.1 Å². The van der Waals surface area contributed by atoms with Crippen LogP contribution in [0.4, 0.5) is 0 Å². The van der Waals surface area contributed by atoms with Gasteiger partial charge in [-0.2, -0.15) is 0 Å². The molecule has 136 valence electrons. The first-order chi connectivity index (χ1) is 11.5. The average Bonchev–Trinajstić information content (AvgIpc) is 2.60. The zero-order chi connectivity index (χ0) is 18.1. The highest BCUT2D eigenvalue weighted by molar-refractivity contribution is 5.92. The van der Waals surface area contributed by atoms with Crippen LogP contribution in [0.25, 0.3) is 0 Å². The highest BCUT2D eigenvalue weighted by atomic mass is 16.5. The average molecular weight is 339 g/mol. The van der Waals surface area contributed by atoms with E-state index in [0.29, 0.717) is 35.3 Å². The van der Waals surface area contributed by atoms with Gasteiger partial charge in [0.05, 0.1) is 26.9 Å². The van der Waals surface area contributed by atoms with Gasteiger partial charge in [0.15, 0.2) is 11.5 Å². The molecule has 0 saturated heterocycles. The minimum absolute atomic E-state index is 0.169. The molecule has 0 spiro atoms. The number of hydrogen-bond donors (Lipinski definition) is 2. The molecule has 0 aromatic heterocycles. The Morgan fingerprint density at radius 3 is 2.04 bits per heavy atom. The fraction of sp³-hybridized carbons (Fsp3) is 0.611. The van der Waals surface area contributed by atoms with E-state index in [-0.39, 0.29) is 5.56 Å². The predicted molar refractivity (Wildman–Crippen MR) is 93.5 cm³/mol. The molecule has 1 aromatic rings. The number of carboxylic acid groups (broad SMARTS) is 1. The normalized spacial score (nSPS) is 14.4. The van der Waals surface area contributed by atoms with E-state index in [1.807, 2.05) is 6.92 Å². The van der Waals surface area contributed by atoms with Crippen LogP contribution in [0.15, 0.2) is 6.07 Å². The lowest BCUT2D eigenvalue weighted by molar-refractivity contribution is 0.0694. The van der Waals surface area contributed by atoms with Crippen molar-refractivity contribution in [1.29, 1.82) is 0 Å². The van der Waals surface area contributed by atoms with Crippen molar-refractivity contribution >= 4 is 5.97 Å². The van der Waals surface area contributed by atoms with Crippen LogP contribution in [0, 0.1) is 0 Å². The molecule has 0 bridgehead atoms. The van der Waals surface area contributed by atoms with E-state index in [1.165, 1.54) is 59.5 Å². The Labute approximate surface area is 143 Å². The Kier molecular flexibility index (Phi) is 8.40. The molecule has 0 aliphatic heterocycles. The molecule has 0 atom stereocenters. The number of hydrogen-bond acceptors (Lipinski definition) is 5. The van der Waals surface area contributed by atoms with Gasteiger partial charge in [0.1, 0.15) is 0 Å². The summed E-state index contributed by atoms with van der Waals surface area (Å²) in [6, 6.07) is 1.98. The fourth-order valence-corrected chi connectivity index (χ4v) is 2.89. The van der Waals surface area contributed by atoms with Gasteiger partial charge in [-0.15, -0.1) is 0 Å². The van der Waals surface area contributed by atoms with Crippen LogP contribution in [0.1, 0.15) is 54.9 Å². The van der Waals surface area contributed by atoms with Crippen LogP contribution in [-0.4, -0.2) is 38.4 Å². The Hall–Kier alpha value is -1.95. The summed E-state index contributed by atoms with van der Waals surface area (Å²) in [7, 11) is 4.41. The van der Waals surface area contributed by atoms with Crippen molar-refractivity contribution in [2.24, 2.45) is 5.73 Å². The number of aromatic carboxylic acids is 1. The molecule has 6 heteroatoms. The summed E-state index contributed by atoms with van der Waals surface area (Å²) < 4.78 is 15.5. The highest BCUT2D eigenvalue weighted by Crippen LogP contribution is 2.42. The maximum atomic E-state index is 11.2. The second-order valence-electron chi connectivity index (χ2n) is 5.73. The lowest BCUT2D eigenvalue weighted by Gasteiger charge is -2.17. The molecule has 1 saturated carbocycles. The minimum atomic E-state index is -1.01. The Bertz CT molecular complexity index is 539. The van der Waals surface area contributed by atoms with Crippen LogP contribution >= 0.6 is 0 Å². The summed E-state index contributed by atoms with van der Waals surface area (Å²) in [4.78, 5) is 11.2. The van der Waals surface area contributed by atoms with E-state index in [4.69, 9.17) is 25.1 Å². The smallest absolute Gasteiger partial charge is 0.336 e. The number of carboxylic acids is 1. The van der Waals surface area contributed by atoms with E-state index < -0.39 is 5.97 Å². The number of ether oxygens (including phenoxy) is 3. The summed E-state index contributed by atoms with van der Waals surface area (Å²) in [5, 5.41) is 9.15. The van der Waals surface area contributed by atoms with Crippen molar-refractivity contribution in [2.75, 3.05) is 21.3 Å². The molecule has 1 aliphatic rings. The van der Waals surface area contributed by atoms with Crippen LogP contribution in [-0.2, 0) is 6.42 Å². The maximum Gasteiger partial charge on any atom is 0.336 e. The third-order valence-corrected chi connectivity index (χ3v) is 4.17. The van der Waals surface area contributed by atoms with Crippen LogP contribution in [0.2, 0.25) is 0 Å². The topological polar surface area (TPSA) is 91.0 Å². The molecule has 0 amide bonds. The van der Waals surface area contributed by atoms with Crippen molar-refractivity contribution in [3.8, 4) is 17.2 Å². The van der Waals surface area contributed by atoms with Crippen molar-refractivity contribution in [2.45, 2.75) is 51.5 Å². The van der Waals surface area contributed by atoms with Crippen LogP contribution in [0.3, 0.4) is 0 Å². The van der Waals surface area contributed by atoms with Gasteiger partial charge >= 0.3 is 5.97 Å². The third-order valence-electron chi connectivity index (χ3n) is 4.17. The van der Waals surface area contributed by atoms with Gasteiger partial charge < -0.3 is 25.1 Å².